The number of morpholine rings is 1. The van der Waals surface area contributed by atoms with Gasteiger partial charge in [0.25, 0.3) is 0 Å². The molecule has 1 aliphatic carbocycles. The van der Waals surface area contributed by atoms with Gasteiger partial charge in [-0.05, 0) is 36.8 Å². The zero-order valence-corrected chi connectivity index (χ0v) is 12.5. The third-order valence-corrected chi connectivity index (χ3v) is 5.72. The van der Waals surface area contributed by atoms with Gasteiger partial charge in [-0.15, -0.1) is 11.3 Å². The molecule has 1 saturated carbocycles. The third-order valence-electron chi connectivity index (χ3n) is 4.60. The van der Waals surface area contributed by atoms with Crippen molar-refractivity contribution in [1.82, 2.24) is 4.90 Å². The first-order chi connectivity index (χ1) is 9.31. The highest BCUT2D eigenvalue weighted by Crippen LogP contribution is 2.36. The summed E-state index contributed by atoms with van der Waals surface area (Å²) in [5, 5.41) is 2.19. The minimum Gasteiger partial charge on any atom is -0.375 e. The fourth-order valence-electron chi connectivity index (χ4n) is 3.63. The first-order valence-corrected chi connectivity index (χ1v) is 8.30. The molecule has 1 aromatic rings. The fourth-order valence-corrected chi connectivity index (χ4v) is 4.69. The monoisotopic (exact) mass is 280 g/mol. The number of aryl methyl sites for hydroxylation is 1. The van der Waals surface area contributed by atoms with Gasteiger partial charge in [-0.1, -0.05) is 12.8 Å². The van der Waals surface area contributed by atoms with E-state index in [1.165, 1.54) is 36.1 Å². The molecule has 2 fully saturated rings. The number of hydrogen-bond donors (Lipinski definition) is 1. The second-order valence-electron chi connectivity index (χ2n) is 5.72. The van der Waals surface area contributed by atoms with Gasteiger partial charge in [0, 0.05) is 24.0 Å². The maximum atomic E-state index is 6.11. The molecule has 4 heteroatoms. The Kier molecular flexibility index (Phi) is 4.22. The van der Waals surface area contributed by atoms with Gasteiger partial charge < -0.3 is 10.5 Å². The van der Waals surface area contributed by atoms with Crippen molar-refractivity contribution >= 4 is 11.3 Å². The van der Waals surface area contributed by atoms with Crippen LogP contribution < -0.4 is 5.73 Å². The Hall–Kier alpha value is -0.420. The van der Waals surface area contributed by atoms with Crippen molar-refractivity contribution in [1.29, 1.82) is 0 Å². The van der Waals surface area contributed by atoms with Crippen LogP contribution in [0, 0.1) is 6.92 Å². The molecule has 1 aromatic heterocycles. The molecule has 3 unspecified atom stereocenters. The zero-order valence-electron chi connectivity index (χ0n) is 11.7. The maximum absolute atomic E-state index is 6.11. The SMILES string of the molecule is Cc1ccsc1C(CN)N1CCOC2CCCCC21. The van der Waals surface area contributed by atoms with Crippen molar-refractivity contribution in [3.63, 3.8) is 0 Å². The van der Waals surface area contributed by atoms with Crippen LogP contribution in [0.5, 0.6) is 0 Å². The van der Waals surface area contributed by atoms with Crippen LogP contribution in [-0.2, 0) is 4.74 Å². The van der Waals surface area contributed by atoms with Crippen molar-refractivity contribution in [2.24, 2.45) is 5.73 Å². The molecule has 3 nitrogen and oxygen atoms in total. The molecule has 3 atom stereocenters. The molecule has 0 spiro atoms. The first kappa shape index (κ1) is 13.6. The highest BCUT2D eigenvalue weighted by Gasteiger charge is 2.38. The van der Waals surface area contributed by atoms with Crippen LogP contribution in [0.25, 0.3) is 0 Å². The van der Waals surface area contributed by atoms with Crippen LogP contribution in [0.1, 0.15) is 42.2 Å². The van der Waals surface area contributed by atoms with Crippen molar-refractivity contribution < 1.29 is 4.74 Å². The van der Waals surface area contributed by atoms with Gasteiger partial charge in [-0.2, -0.15) is 0 Å². The van der Waals surface area contributed by atoms with Crippen LogP contribution in [0.4, 0.5) is 0 Å². The van der Waals surface area contributed by atoms with Crippen LogP contribution in [0.15, 0.2) is 11.4 Å². The Bertz CT molecular complexity index is 418. The van der Waals surface area contributed by atoms with Gasteiger partial charge in [0.05, 0.1) is 18.8 Å². The standard InChI is InChI=1S/C15H24N2OS/c1-11-6-9-19-15(11)13(10-16)17-7-8-18-14-5-3-2-4-12(14)17/h6,9,12-14H,2-5,7-8,10,16H2,1H3. The fraction of sp³-hybridized carbons (Fsp3) is 0.733. The number of rotatable bonds is 3. The number of hydrogen-bond acceptors (Lipinski definition) is 4. The topological polar surface area (TPSA) is 38.5 Å². The minimum absolute atomic E-state index is 0.384. The number of fused-ring (bicyclic) bond motifs is 1. The largest absolute Gasteiger partial charge is 0.375 e. The Morgan fingerprint density at radius 3 is 3.05 bits per heavy atom. The summed E-state index contributed by atoms with van der Waals surface area (Å²) >= 11 is 1.85. The lowest BCUT2D eigenvalue weighted by molar-refractivity contribution is -0.102. The summed E-state index contributed by atoms with van der Waals surface area (Å²) in [5.41, 5.74) is 7.50. The van der Waals surface area contributed by atoms with E-state index >= 15 is 0 Å². The second-order valence-corrected chi connectivity index (χ2v) is 6.67. The molecule has 0 radical (unpaired) electrons. The molecule has 106 valence electrons. The predicted molar refractivity (Wildman–Crippen MR) is 79.6 cm³/mol. The molecular formula is C15H24N2OS. The molecule has 1 aliphatic heterocycles. The van der Waals surface area contributed by atoms with E-state index in [1.807, 2.05) is 11.3 Å². The van der Waals surface area contributed by atoms with Crippen LogP contribution in [0.3, 0.4) is 0 Å². The molecule has 1 saturated heterocycles. The second kappa shape index (κ2) is 5.92. The highest BCUT2D eigenvalue weighted by molar-refractivity contribution is 7.10. The molecule has 0 amide bonds. The first-order valence-electron chi connectivity index (χ1n) is 7.42. The quantitative estimate of drug-likeness (QED) is 0.925. The summed E-state index contributed by atoms with van der Waals surface area (Å²) in [4.78, 5) is 4.08. The summed E-state index contributed by atoms with van der Waals surface area (Å²) in [6.07, 6.45) is 5.59. The third kappa shape index (κ3) is 2.59. The summed E-state index contributed by atoms with van der Waals surface area (Å²) < 4.78 is 5.98. The molecule has 3 rings (SSSR count). The highest BCUT2D eigenvalue weighted by atomic mass is 32.1. The zero-order chi connectivity index (χ0) is 13.2. The molecular weight excluding hydrogens is 256 g/mol. The normalized spacial score (nSPS) is 30.0. The van der Waals surface area contributed by atoms with Gasteiger partial charge >= 0.3 is 0 Å². The van der Waals surface area contributed by atoms with Gasteiger partial charge in [-0.25, -0.2) is 0 Å². The predicted octanol–water partition coefficient (Wildman–Crippen LogP) is 2.70. The number of nitrogens with zero attached hydrogens (tertiary/aromatic N) is 1. The van der Waals surface area contributed by atoms with E-state index in [0.29, 0.717) is 24.7 Å². The lowest BCUT2D eigenvalue weighted by Gasteiger charge is -2.47. The van der Waals surface area contributed by atoms with Crippen molar-refractivity contribution in [2.75, 3.05) is 19.7 Å². The van der Waals surface area contributed by atoms with Gasteiger partial charge in [0.15, 0.2) is 0 Å². The van der Waals surface area contributed by atoms with E-state index in [4.69, 9.17) is 10.5 Å². The summed E-state index contributed by atoms with van der Waals surface area (Å²) in [7, 11) is 0. The number of thiophene rings is 1. The smallest absolute Gasteiger partial charge is 0.0731 e. The Morgan fingerprint density at radius 1 is 1.47 bits per heavy atom. The van der Waals surface area contributed by atoms with E-state index in [2.05, 4.69) is 23.3 Å². The van der Waals surface area contributed by atoms with E-state index < -0.39 is 0 Å². The molecule has 2 aliphatic rings. The van der Waals surface area contributed by atoms with Crippen molar-refractivity contribution in [3.8, 4) is 0 Å². The molecule has 0 bridgehead atoms. The molecule has 19 heavy (non-hydrogen) atoms. The average Bonchev–Trinajstić information content (AvgIpc) is 2.86. The molecule has 0 aromatic carbocycles. The Morgan fingerprint density at radius 2 is 2.32 bits per heavy atom. The van der Waals surface area contributed by atoms with Gasteiger partial charge in [0.2, 0.25) is 0 Å². The maximum Gasteiger partial charge on any atom is 0.0731 e. The minimum atomic E-state index is 0.384. The summed E-state index contributed by atoms with van der Waals surface area (Å²) in [6.45, 7) is 4.81. The van der Waals surface area contributed by atoms with Crippen molar-refractivity contribution in [2.45, 2.75) is 50.8 Å². The van der Waals surface area contributed by atoms with E-state index in [0.717, 1.165) is 13.2 Å². The molecule has 2 heterocycles. The summed E-state index contributed by atoms with van der Waals surface area (Å²) in [5.74, 6) is 0. The van der Waals surface area contributed by atoms with Crippen LogP contribution >= 0.6 is 11.3 Å². The van der Waals surface area contributed by atoms with Crippen LogP contribution in [0.2, 0.25) is 0 Å². The molecule has 2 N–H and O–H groups in total. The Balaban J connectivity index is 1.83. The number of nitrogens with two attached hydrogens (primary N) is 1. The van der Waals surface area contributed by atoms with Crippen molar-refractivity contribution in [3.05, 3.63) is 21.9 Å². The summed E-state index contributed by atoms with van der Waals surface area (Å²) in [6, 6.07) is 3.17. The Labute approximate surface area is 119 Å². The lowest BCUT2D eigenvalue weighted by atomic mass is 9.89. The van der Waals surface area contributed by atoms with E-state index in [1.54, 1.807) is 0 Å². The average molecular weight is 280 g/mol. The van der Waals surface area contributed by atoms with E-state index in [9.17, 15) is 0 Å². The van der Waals surface area contributed by atoms with E-state index in [-0.39, 0.29) is 0 Å². The van der Waals surface area contributed by atoms with Gasteiger partial charge in [-0.3, -0.25) is 4.90 Å². The van der Waals surface area contributed by atoms with Crippen LogP contribution in [-0.4, -0.2) is 36.7 Å². The number of ether oxygens (including phenoxy) is 1. The lowest BCUT2D eigenvalue weighted by Crippen LogP contribution is -2.54. The van der Waals surface area contributed by atoms with Gasteiger partial charge in [0.1, 0.15) is 0 Å².